The summed E-state index contributed by atoms with van der Waals surface area (Å²) in [5.74, 6) is -2.11. The van der Waals surface area contributed by atoms with Crippen LogP contribution in [-0.4, -0.2) is 35.5 Å². The molecule has 0 aromatic heterocycles. The second-order valence-electron chi connectivity index (χ2n) is 7.92. The number of carbonyl (C=O) groups excluding carboxylic acids is 3. The zero-order valence-electron chi connectivity index (χ0n) is 19.5. The number of hydrogen-bond acceptors (Lipinski definition) is 4. The van der Waals surface area contributed by atoms with Crippen molar-refractivity contribution in [1.29, 1.82) is 0 Å². The van der Waals surface area contributed by atoms with E-state index in [1.165, 1.54) is 18.2 Å². The number of hydrogen-bond donors (Lipinski definition) is 5. The first-order valence-corrected chi connectivity index (χ1v) is 11.9. The molecule has 0 aliphatic rings. The summed E-state index contributed by atoms with van der Waals surface area (Å²) in [6, 6.07) is 18.2. The van der Waals surface area contributed by atoms with Crippen LogP contribution in [0.25, 0.3) is 0 Å². The highest BCUT2D eigenvalue weighted by Gasteiger charge is 2.15. The monoisotopic (exact) mass is 542 g/mol. The third kappa shape index (κ3) is 8.82. The van der Waals surface area contributed by atoms with Gasteiger partial charge in [-0.1, -0.05) is 59.6 Å². The lowest BCUT2D eigenvalue weighted by atomic mass is 10.1. The van der Waals surface area contributed by atoms with Crippen LogP contribution < -0.4 is 21.3 Å². The predicted molar refractivity (Wildman–Crippen MR) is 142 cm³/mol. The van der Waals surface area contributed by atoms with Gasteiger partial charge in [0, 0.05) is 29.2 Å². The molecular formula is C26H24Cl2N4O5. The fourth-order valence-corrected chi connectivity index (χ4v) is 3.93. The van der Waals surface area contributed by atoms with Gasteiger partial charge in [-0.3, -0.25) is 14.4 Å². The molecule has 0 spiro atoms. The minimum Gasteiger partial charge on any atom is -0.481 e. The molecule has 0 aliphatic heterocycles. The van der Waals surface area contributed by atoms with E-state index < -0.39 is 23.8 Å². The van der Waals surface area contributed by atoms with Gasteiger partial charge in [0.15, 0.2) is 0 Å². The Bertz CT molecular complexity index is 1300. The lowest BCUT2D eigenvalue weighted by Crippen LogP contribution is -2.33. The molecule has 37 heavy (non-hydrogen) atoms. The third-order valence-corrected chi connectivity index (χ3v) is 5.61. The minimum absolute atomic E-state index is 0.107. The molecule has 11 heteroatoms. The Kier molecular flexibility index (Phi) is 9.88. The number of carboxylic acid groups (broad SMARTS) is 1. The molecule has 0 saturated heterocycles. The third-order valence-electron chi connectivity index (χ3n) is 5.10. The fraction of sp³-hybridized carbons (Fsp3) is 0.154. The van der Waals surface area contributed by atoms with Crippen LogP contribution in [0.15, 0.2) is 66.7 Å². The van der Waals surface area contributed by atoms with E-state index in [9.17, 15) is 19.2 Å². The van der Waals surface area contributed by atoms with Crippen molar-refractivity contribution >= 4 is 58.4 Å². The second-order valence-corrected chi connectivity index (χ2v) is 8.76. The molecule has 0 atom stereocenters. The van der Waals surface area contributed by atoms with E-state index in [1.807, 2.05) is 30.3 Å². The van der Waals surface area contributed by atoms with Gasteiger partial charge in [0.25, 0.3) is 5.91 Å². The molecule has 0 heterocycles. The van der Waals surface area contributed by atoms with Gasteiger partial charge in [0.1, 0.15) is 0 Å². The lowest BCUT2D eigenvalue weighted by Gasteiger charge is -2.14. The quantitative estimate of drug-likeness (QED) is 0.253. The van der Waals surface area contributed by atoms with Crippen LogP contribution in [0.1, 0.15) is 27.9 Å². The number of rotatable bonds is 10. The number of aryl methyl sites for hydroxylation is 1. The Hall–Kier alpha value is -4.08. The van der Waals surface area contributed by atoms with Gasteiger partial charge in [0.05, 0.1) is 17.3 Å². The molecule has 0 radical (unpaired) electrons. The second kappa shape index (κ2) is 13.3. The molecule has 4 amide bonds. The maximum absolute atomic E-state index is 12.6. The molecule has 0 unspecified atom stereocenters. The largest absolute Gasteiger partial charge is 0.481 e. The summed E-state index contributed by atoms with van der Waals surface area (Å²) in [6.45, 7) is -0.0248. The summed E-state index contributed by atoms with van der Waals surface area (Å²) < 4.78 is 0. The number of benzene rings is 3. The number of amides is 4. The van der Waals surface area contributed by atoms with E-state index in [1.54, 1.807) is 18.2 Å². The van der Waals surface area contributed by atoms with Crippen molar-refractivity contribution in [3.63, 3.8) is 0 Å². The van der Waals surface area contributed by atoms with Crippen molar-refractivity contribution in [3.05, 3.63) is 93.5 Å². The van der Waals surface area contributed by atoms with Crippen LogP contribution in [0.2, 0.25) is 10.0 Å². The van der Waals surface area contributed by atoms with Gasteiger partial charge in [-0.15, -0.1) is 0 Å². The summed E-state index contributed by atoms with van der Waals surface area (Å²) in [4.78, 5) is 48.2. The van der Waals surface area contributed by atoms with Crippen molar-refractivity contribution in [3.8, 4) is 0 Å². The molecule has 3 aromatic rings. The first-order valence-electron chi connectivity index (χ1n) is 11.2. The molecule has 9 nitrogen and oxygen atoms in total. The Balaban J connectivity index is 1.55. The average molecular weight is 543 g/mol. The molecule has 3 aromatic carbocycles. The molecule has 0 bridgehead atoms. The molecule has 0 fully saturated rings. The molecule has 192 valence electrons. The number of anilines is 2. The van der Waals surface area contributed by atoms with Gasteiger partial charge >= 0.3 is 12.0 Å². The molecular weight excluding hydrogens is 519 g/mol. The first-order chi connectivity index (χ1) is 17.7. The molecule has 3 rings (SSSR count). The van der Waals surface area contributed by atoms with Gasteiger partial charge in [-0.2, -0.15) is 0 Å². The topological polar surface area (TPSA) is 137 Å². The summed E-state index contributed by atoms with van der Waals surface area (Å²) in [5, 5.41) is 19.9. The summed E-state index contributed by atoms with van der Waals surface area (Å²) >= 11 is 12.2. The minimum atomic E-state index is -1.01. The zero-order chi connectivity index (χ0) is 26.8. The summed E-state index contributed by atoms with van der Waals surface area (Å²) in [7, 11) is 0. The number of carboxylic acids is 1. The Morgan fingerprint density at radius 2 is 1.59 bits per heavy atom. The van der Waals surface area contributed by atoms with Crippen molar-refractivity contribution in [2.45, 2.75) is 19.4 Å². The summed E-state index contributed by atoms with van der Waals surface area (Å²) in [5.41, 5.74) is 2.28. The van der Waals surface area contributed by atoms with Crippen LogP contribution in [0.3, 0.4) is 0 Å². The molecule has 0 saturated carbocycles. The van der Waals surface area contributed by atoms with Crippen molar-refractivity contribution < 1.29 is 24.3 Å². The maximum atomic E-state index is 12.6. The first kappa shape index (κ1) is 27.5. The van der Waals surface area contributed by atoms with E-state index in [2.05, 4.69) is 21.3 Å². The van der Waals surface area contributed by atoms with Gasteiger partial charge < -0.3 is 26.4 Å². The fourth-order valence-electron chi connectivity index (χ4n) is 3.34. The van der Waals surface area contributed by atoms with E-state index in [4.69, 9.17) is 28.3 Å². The zero-order valence-corrected chi connectivity index (χ0v) is 21.0. The van der Waals surface area contributed by atoms with Crippen LogP contribution >= 0.6 is 23.2 Å². The van der Waals surface area contributed by atoms with Gasteiger partial charge in [0.2, 0.25) is 5.91 Å². The van der Waals surface area contributed by atoms with E-state index in [0.717, 1.165) is 5.56 Å². The Morgan fingerprint density at radius 3 is 2.32 bits per heavy atom. The SMILES string of the molecule is O=C(O)CCc1cc(Cl)cc(Cl)c1NC(=O)CNC(=O)c1cccc(NC(=O)NCc2ccccc2)c1. The number of aliphatic carboxylic acids is 1. The highest BCUT2D eigenvalue weighted by molar-refractivity contribution is 6.37. The highest BCUT2D eigenvalue weighted by Crippen LogP contribution is 2.31. The predicted octanol–water partition coefficient (Wildman–Crippen LogP) is 4.70. The number of urea groups is 1. The van der Waals surface area contributed by atoms with Gasteiger partial charge in [-0.25, -0.2) is 4.79 Å². The van der Waals surface area contributed by atoms with Crippen molar-refractivity contribution in [1.82, 2.24) is 10.6 Å². The normalized spacial score (nSPS) is 10.3. The van der Waals surface area contributed by atoms with Crippen LogP contribution in [0, 0.1) is 0 Å². The number of nitrogens with one attached hydrogen (secondary N) is 4. The molecule has 0 aliphatic carbocycles. The van der Waals surface area contributed by atoms with Gasteiger partial charge in [-0.05, 0) is 47.9 Å². The van der Waals surface area contributed by atoms with E-state index in [0.29, 0.717) is 22.8 Å². The summed E-state index contributed by atoms with van der Waals surface area (Å²) in [6.07, 6.45) is -0.0682. The van der Waals surface area contributed by atoms with E-state index in [-0.39, 0.29) is 35.7 Å². The van der Waals surface area contributed by atoms with Crippen LogP contribution in [0.5, 0.6) is 0 Å². The molecule has 5 N–H and O–H groups in total. The van der Waals surface area contributed by atoms with Crippen LogP contribution in [0.4, 0.5) is 16.2 Å². The average Bonchev–Trinajstić information content (AvgIpc) is 2.87. The maximum Gasteiger partial charge on any atom is 0.319 e. The smallest absolute Gasteiger partial charge is 0.319 e. The van der Waals surface area contributed by atoms with Crippen LogP contribution in [-0.2, 0) is 22.6 Å². The lowest BCUT2D eigenvalue weighted by molar-refractivity contribution is -0.137. The van der Waals surface area contributed by atoms with Crippen molar-refractivity contribution in [2.24, 2.45) is 0 Å². The number of halogens is 2. The highest BCUT2D eigenvalue weighted by atomic mass is 35.5. The Labute approximate surface area is 223 Å². The van der Waals surface area contributed by atoms with Crippen molar-refractivity contribution in [2.75, 3.05) is 17.2 Å². The Morgan fingerprint density at radius 1 is 0.838 bits per heavy atom. The number of carbonyl (C=O) groups is 4. The van der Waals surface area contributed by atoms with E-state index >= 15 is 0 Å². The standard InChI is InChI=1S/C26H24Cl2N4O5/c27-19-11-17(9-10-23(34)35)24(21(28)13-19)32-22(33)15-29-25(36)18-7-4-8-20(12-18)31-26(37)30-14-16-5-2-1-3-6-16/h1-8,11-13H,9-10,14-15H2,(H,29,36)(H,32,33)(H,34,35)(H2,30,31,37).